The number of aryl methyl sites for hydroxylation is 1. The topological polar surface area (TPSA) is 83.0 Å². The molecule has 2 N–H and O–H groups in total. The molecular weight excluding hydrogens is 471 g/mol. The molecule has 1 saturated heterocycles. The largest absolute Gasteiger partial charge is 0.466 e. The van der Waals surface area contributed by atoms with Gasteiger partial charge in [-0.05, 0) is 43.9 Å². The molecule has 0 spiro atoms. The van der Waals surface area contributed by atoms with E-state index in [1.807, 2.05) is 31.2 Å². The van der Waals surface area contributed by atoms with Crippen molar-refractivity contribution < 1.29 is 14.3 Å². The van der Waals surface area contributed by atoms with Gasteiger partial charge in [-0.15, -0.1) is 24.0 Å². The zero-order chi connectivity index (χ0) is 19.6. The summed E-state index contributed by atoms with van der Waals surface area (Å²) in [7, 11) is 1.70. The van der Waals surface area contributed by atoms with Crippen LogP contribution in [-0.4, -0.2) is 56.0 Å². The Bertz CT molecular complexity index is 673. The number of esters is 1. The Balaban J connectivity index is 0.00000392. The fourth-order valence-corrected chi connectivity index (χ4v) is 3.15. The highest BCUT2D eigenvalue weighted by molar-refractivity contribution is 14.0. The third-order valence-electron chi connectivity index (χ3n) is 4.65. The van der Waals surface area contributed by atoms with E-state index in [9.17, 15) is 9.59 Å². The molecule has 1 aromatic rings. The van der Waals surface area contributed by atoms with Gasteiger partial charge in [0.05, 0.1) is 19.1 Å². The summed E-state index contributed by atoms with van der Waals surface area (Å²) in [6, 6.07) is 7.84. The first kappa shape index (κ1) is 24.2. The Morgan fingerprint density at radius 2 is 1.96 bits per heavy atom. The molecule has 1 aliphatic heterocycles. The number of amides is 1. The van der Waals surface area contributed by atoms with Crippen LogP contribution in [0.4, 0.5) is 5.69 Å². The predicted octanol–water partition coefficient (Wildman–Crippen LogP) is 2.66. The fourth-order valence-electron chi connectivity index (χ4n) is 3.15. The van der Waals surface area contributed by atoms with Gasteiger partial charge in [-0.2, -0.15) is 0 Å². The number of anilines is 1. The van der Waals surface area contributed by atoms with E-state index in [0.717, 1.165) is 24.9 Å². The Morgan fingerprint density at radius 1 is 1.25 bits per heavy atom. The van der Waals surface area contributed by atoms with E-state index in [4.69, 9.17) is 4.74 Å². The van der Waals surface area contributed by atoms with Gasteiger partial charge in [0, 0.05) is 25.8 Å². The van der Waals surface area contributed by atoms with Gasteiger partial charge in [0.2, 0.25) is 5.91 Å². The first-order valence-corrected chi connectivity index (χ1v) is 9.58. The number of likely N-dealkylation sites (tertiary alicyclic amines) is 1. The minimum Gasteiger partial charge on any atom is -0.466 e. The third kappa shape index (κ3) is 7.29. The summed E-state index contributed by atoms with van der Waals surface area (Å²) < 4.78 is 5.10. The molecule has 1 fully saturated rings. The van der Waals surface area contributed by atoms with Crippen molar-refractivity contribution in [3.05, 3.63) is 29.8 Å². The number of nitrogens with one attached hydrogen (secondary N) is 2. The first-order chi connectivity index (χ1) is 13.1. The second-order valence-corrected chi connectivity index (χ2v) is 6.52. The summed E-state index contributed by atoms with van der Waals surface area (Å²) in [5.74, 6) is 0.391. The molecule has 1 heterocycles. The van der Waals surface area contributed by atoms with Crippen LogP contribution in [0.15, 0.2) is 29.3 Å². The maximum absolute atomic E-state index is 12.2. The molecule has 0 atom stereocenters. The molecule has 1 aliphatic rings. The van der Waals surface area contributed by atoms with Gasteiger partial charge in [-0.1, -0.05) is 19.1 Å². The standard InChI is InChI=1S/C20H30N4O3.HI/c1-4-15-7-6-8-17(13-15)23-18(25)14-22-20(21-3)24-11-9-16(10-12-24)19(26)27-5-2;/h6-8,13,16H,4-5,9-12,14H2,1-3H3,(H,21,22)(H,23,25);1H. The number of benzene rings is 1. The summed E-state index contributed by atoms with van der Waals surface area (Å²) >= 11 is 0. The number of rotatable bonds is 6. The number of aliphatic imine (C=N–C) groups is 1. The Hall–Kier alpha value is -1.84. The van der Waals surface area contributed by atoms with Crippen molar-refractivity contribution in [2.75, 3.05) is 38.6 Å². The van der Waals surface area contributed by atoms with Crippen LogP contribution < -0.4 is 10.6 Å². The van der Waals surface area contributed by atoms with Gasteiger partial charge in [-0.3, -0.25) is 14.6 Å². The van der Waals surface area contributed by atoms with E-state index < -0.39 is 0 Å². The lowest BCUT2D eigenvalue weighted by Crippen LogP contribution is -2.48. The van der Waals surface area contributed by atoms with Gasteiger partial charge in [0.15, 0.2) is 5.96 Å². The van der Waals surface area contributed by atoms with Crippen molar-refractivity contribution >= 4 is 47.5 Å². The molecule has 0 bridgehead atoms. The third-order valence-corrected chi connectivity index (χ3v) is 4.65. The number of nitrogens with zero attached hydrogens (tertiary/aromatic N) is 2. The number of hydrogen-bond donors (Lipinski definition) is 2. The summed E-state index contributed by atoms with van der Waals surface area (Å²) in [6.45, 7) is 5.88. The summed E-state index contributed by atoms with van der Waals surface area (Å²) in [5.41, 5.74) is 1.98. The summed E-state index contributed by atoms with van der Waals surface area (Å²) in [4.78, 5) is 30.4. The number of halogens is 1. The number of guanidine groups is 1. The van der Waals surface area contributed by atoms with E-state index in [1.54, 1.807) is 7.05 Å². The summed E-state index contributed by atoms with van der Waals surface area (Å²) in [6.07, 6.45) is 2.39. The lowest BCUT2D eigenvalue weighted by molar-refractivity contribution is -0.149. The van der Waals surface area contributed by atoms with Crippen molar-refractivity contribution in [3.63, 3.8) is 0 Å². The molecule has 0 unspecified atom stereocenters. The SMILES string of the molecule is CCOC(=O)C1CCN(C(=NC)NCC(=O)Nc2cccc(CC)c2)CC1.I. The molecule has 28 heavy (non-hydrogen) atoms. The highest BCUT2D eigenvalue weighted by Gasteiger charge is 2.27. The molecule has 1 amide bonds. The van der Waals surface area contributed by atoms with Crippen molar-refractivity contribution in [2.24, 2.45) is 10.9 Å². The van der Waals surface area contributed by atoms with E-state index in [0.29, 0.717) is 25.7 Å². The van der Waals surface area contributed by atoms with Crippen LogP contribution in [0, 0.1) is 5.92 Å². The molecule has 2 rings (SSSR count). The van der Waals surface area contributed by atoms with E-state index >= 15 is 0 Å². The maximum Gasteiger partial charge on any atom is 0.309 e. The van der Waals surface area contributed by atoms with Crippen molar-refractivity contribution in [1.29, 1.82) is 0 Å². The minimum absolute atomic E-state index is 0. The molecule has 0 aliphatic carbocycles. The lowest BCUT2D eigenvalue weighted by Gasteiger charge is -2.33. The maximum atomic E-state index is 12.2. The van der Waals surface area contributed by atoms with Crippen molar-refractivity contribution in [2.45, 2.75) is 33.1 Å². The van der Waals surface area contributed by atoms with Gasteiger partial charge in [-0.25, -0.2) is 0 Å². The second kappa shape index (κ2) is 12.6. The lowest BCUT2D eigenvalue weighted by atomic mass is 9.97. The van der Waals surface area contributed by atoms with Crippen LogP contribution in [0.2, 0.25) is 0 Å². The second-order valence-electron chi connectivity index (χ2n) is 6.52. The zero-order valence-corrected chi connectivity index (χ0v) is 19.2. The van der Waals surface area contributed by atoms with Crippen LogP contribution in [0.5, 0.6) is 0 Å². The molecular formula is C20H31IN4O3. The monoisotopic (exact) mass is 502 g/mol. The summed E-state index contributed by atoms with van der Waals surface area (Å²) in [5, 5.41) is 6.00. The number of carbonyl (C=O) groups is 2. The molecule has 8 heteroatoms. The number of ether oxygens (including phenoxy) is 1. The molecule has 156 valence electrons. The molecule has 7 nitrogen and oxygen atoms in total. The molecule has 0 aromatic heterocycles. The average Bonchev–Trinajstić information content (AvgIpc) is 2.69. The molecule has 0 saturated carbocycles. The van der Waals surface area contributed by atoms with Gasteiger partial charge in [0.25, 0.3) is 0 Å². The zero-order valence-electron chi connectivity index (χ0n) is 16.9. The minimum atomic E-state index is -0.120. The quantitative estimate of drug-likeness (QED) is 0.271. The van der Waals surface area contributed by atoms with Crippen LogP contribution in [0.1, 0.15) is 32.3 Å². The fraction of sp³-hybridized carbons (Fsp3) is 0.550. The molecule has 0 radical (unpaired) electrons. The Kier molecular flexibility index (Phi) is 10.9. The predicted molar refractivity (Wildman–Crippen MR) is 122 cm³/mol. The van der Waals surface area contributed by atoms with Crippen LogP contribution in [-0.2, 0) is 20.7 Å². The van der Waals surface area contributed by atoms with Crippen LogP contribution in [0.25, 0.3) is 0 Å². The average molecular weight is 502 g/mol. The number of hydrogen-bond acceptors (Lipinski definition) is 4. The van der Waals surface area contributed by atoms with E-state index in [-0.39, 0.29) is 48.3 Å². The number of piperidine rings is 1. The highest BCUT2D eigenvalue weighted by Crippen LogP contribution is 2.18. The smallest absolute Gasteiger partial charge is 0.309 e. The van der Waals surface area contributed by atoms with Crippen LogP contribution >= 0.6 is 24.0 Å². The first-order valence-electron chi connectivity index (χ1n) is 9.58. The highest BCUT2D eigenvalue weighted by atomic mass is 127. The normalized spacial score (nSPS) is 14.8. The van der Waals surface area contributed by atoms with Crippen LogP contribution in [0.3, 0.4) is 0 Å². The molecule has 1 aromatic carbocycles. The van der Waals surface area contributed by atoms with Crippen molar-refractivity contribution in [1.82, 2.24) is 10.2 Å². The van der Waals surface area contributed by atoms with Gasteiger partial charge < -0.3 is 20.3 Å². The Labute approximate surface area is 184 Å². The van der Waals surface area contributed by atoms with Crippen molar-refractivity contribution in [3.8, 4) is 0 Å². The number of carbonyl (C=O) groups excluding carboxylic acids is 2. The Morgan fingerprint density at radius 3 is 2.57 bits per heavy atom. The van der Waals surface area contributed by atoms with Gasteiger partial charge in [0.1, 0.15) is 0 Å². The van der Waals surface area contributed by atoms with Gasteiger partial charge >= 0.3 is 5.97 Å². The van der Waals surface area contributed by atoms with E-state index in [1.165, 1.54) is 5.56 Å². The van der Waals surface area contributed by atoms with E-state index in [2.05, 4.69) is 27.4 Å².